The molecule has 0 aromatic heterocycles. The highest BCUT2D eigenvalue weighted by atomic mass is 35.5. The van der Waals surface area contributed by atoms with Gasteiger partial charge < -0.3 is 5.32 Å². The van der Waals surface area contributed by atoms with E-state index in [1.807, 2.05) is 0 Å². The lowest BCUT2D eigenvalue weighted by atomic mass is 9.91. The predicted molar refractivity (Wildman–Crippen MR) is 107 cm³/mol. The molecule has 0 bridgehead atoms. The lowest BCUT2D eigenvalue weighted by Crippen LogP contribution is -2.42. The summed E-state index contributed by atoms with van der Waals surface area (Å²) in [5, 5.41) is 2.02. The molecule has 0 saturated heterocycles. The number of nitrogens with one attached hydrogen (secondary N) is 2. The Labute approximate surface area is 188 Å². The molecule has 1 aliphatic heterocycles. The van der Waals surface area contributed by atoms with E-state index < -0.39 is 30.3 Å². The molecule has 1 heterocycles. The highest BCUT2D eigenvalue weighted by Gasteiger charge is 2.59. The van der Waals surface area contributed by atoms with Gasteiger partial charge in [0.2, 0.25) is 11.5 Å². The van der Waals surface area contributed by atoms with Crippen molar-refractivity contribution in [3.63, 3.8) is 0 Å². The van der Waals surface area contributed by atoms with Crippen molar-refractivity contribution < 1.29 is 36.0 Å². The Kier molecular flexibility index (Phi) is 6.43. The first-order valence-electron chi connectivity index (χ1n) is 8.87. The highest BCUT2D eigenvalue weighted by Crippen LogP contribution is 2.48. The van der Waals surface area contributed by atoms with Gasteiger partial charge in [-0.05, 0) is 55.0 Å². The minimum Gasteiger partial charge on any atom is -0.326 e. The summed E-state index contributed by atoms with van der Waals surface area (Å²) in [6.07, 6.45) is -10.6. The predicted octanol–water partition coefficient (Wildman–Crippen LogP) is 6.53. The molecular weight excluding hydrogens is 485 g/mol. The standard InChI is InChI=1S/C20H14Cl2F6N2O2/c1-10-2-11(4-15(3-10)29-17(31)9-19(23,24)25)16-8-18(32-30-16,20(26,27)28)12-5-13(21)7-14(22)6-12/h2-8,30H,9H2,1H3,(H,29,31). The van der Waals surface area contributed by atoms with Crippen molar-refractivity contribution in [3.05, 3.63) is 69.2 Å². The number of alkyl halides is 6. The van der Waals surface area contributed by atoms with E-state index in [1.165, 1.54) is 24.3 Å². The van der Waals surface area contributed by atoms with Crippen LogP contribution in [0, 0.1) is 6.92 Å². The monoisotopic (exact) mass is 498 g/mol. The van der Waals surface area contributed by atoms with E-state index in [-0.39, 0.29) is 32.6 Å². The summed E-state index contributed by atoms with van der Waals surface area (Å²) in [4.78, 5) is 16.6. The van der Waals surface area contributed by atoms with E-state index in [9.17, 15) is 31.1 Å². The number of carbonyl (C=O) groups is 1. The average Bonchev–Trinajstić information content (AvgIpc) is 3.05. The van der Waals surface area contributed by atoms with Crippen molar-refractivity contribution in [2.24, 2.45) is 0 Å². The second kappa shape index (κ2) is 8.49. The molecule has 32 heavy (non-hydrogen) atoms. The molecule has 172 valence electrons. The molecule has 0 saturated carbocycles. The number of amides is 1. The third-order valence-electron chi connectivity index (χ3n) is 4.42. The Morgan fingerprint density at radius 3 is 2.22 bits per heavy atom. The van der Waals surface area contributed by atoms with Crippen LogP contribution in [0.15, 0.2) is 42.5 Å². The van der Waals surface area contributed by atoms with Gasteiger partial charge in [0.05, 0.1) is 5.70 Å². The fourth-order valence-electron chi connectivity index (χ4n) is 3.15. The molecule has 0 spiro atoms. The first-order chi connectivity index (χ1) is 14.7. The Morgan fingerprint density at radius 2 is 1.66 bits per heavy atom. The number of benzene rings is 2. The highest BCUT2D eigenvalue weighted by molar-refractivity contribution is 6.34. The van der Waals surface area contributed by atoms with Crippen LogP contribution in [-0.2, 0) is 15.2 Å². The summed E-state index contributed by atoms with van der Waals surface area (Å²) >= 11 is 11.7. The normalized spacial score (nSPS) is 18.8. The van der Waals surface area contributed by atoms with Gasteiger partial charge >= 0.3 is 12.4 Å². The molecule has 0 aliphatic carbocycles. The minimum atomic E-state index is -4.93. The van der Waals surface area contributed by atoms with Crippen LogP contribution in [-0.4, -0.2) is 18.3 Å². The third kappa shape index (κ3) is 5.31. The van der Waals surface area contributed by atoms with Gasteiger partial charge in [0.1, 0.15) is 6.42 Å². The average molecular weight is 499 g/mol. The number of aryl methyl sites for hydroxylation is 1. The van der Waals surface area contributed by atoms with Gasteiger partial charge in [-0.2, -0.15) is 26.3 Å². The number of carbonyl (C=O) groups excluding carboxylic acids is 1. The summed E-state index contributed by atoms with van der Waals surface area (Å²) in [6, 6.07) is 7.45. The van der Waals surface area contributed by atoms with Gasteiger partial charge in [-0.15, -0.1) is 0 Å². The molecule has 3 rings (SSSR count). The molecule has 1 aliphatic rings. The van der Waals surface area contributed by atoms with Gasteiger partial charge in [0.15, 0.2) is 0 Å². The molecule has 1 atom stereocenters. The van der Waals surface area contributed by atoms with Gasteiger partial charge in [-0.25, -0.2) is 0 Å². The van der Waals surface area contributed by atoms with Crippen molar-refractivity contribution in [2.45, 2.75) is 31.3 Å². The van der Waals surface area contributed by atoms with Crippen LogP contribution in [0.3, 0.4) is 0 Å². The molecular formula is C20H14Cl2F6N2O2. The molecule has 0 fully saturated rings. The van der Waals surface area contributed by atoms with Gasteiger partial charge in [-0.1, -0.05) is 23.2 Å². The molecule has 0 radical (unpaired) electrons. The molecule has 2 aromatic rings. The Morgan fingerprint density at radius 1 is 1.03 bits per heavy atom. The van der Waals surface area contributed by atoms with Crippen molar-refractivity contribution in [1.29, 1.82) is 0 Å². The van der Waals surface area contributed by atoms with Gasteiger partial charge in [0.25, 0.3) is 0 Å². The van der Waals surface area contributed by atoms with Crippen LogP contribution in [0.1, 0.15) is 23.1 Å². The van der Waals surface area contributed by atoms with Crippen LogP contribution in [0.5, 0.6) is 0 Å². The second-order valence-electron chi connectivity index (χ2n) is 7.08. The maximum absolute atomic E-state index is 14.1. The van der Waals surface area contributed by atoms with E-state index in [0.717, 1.165) is 18.2 Å². The van der Waals surface area contributed by atoms with E-state index in [1.54, 1.807) is 6.92 Å². The van der Waals surface area contributed by atoms with Crippen molar-refractivity contribution >= 4 is 40.5 Å². The maximum atomic E-state index is 14.1. The first-order valence-corrected chi connectivity index (χ1v) is 9.63. The van der Waals surface area contributed by atoms with E-state index >= 15 is 0 Å². The Hall–Kier alpha value is -2.43. The van der Waals surface area contributed by atoms with Crippen molar-refractivity contribution in [2.75, 3.05) is 5.32 Å². The van der Waals surface area contributed by atoms with Gasteiger partial charge in [0, 0.05) is 26.9 Å². The Balaban J connectivity index is 2.01. The summed E-state index contributed by atoms with van der Waals surface area (Å²) < 4.78 is 79.5. The fraction of sp³-hybridized carbons (Fsp3) is 0.250. The van der Waals surface area contributed by atoms with E-state index in [4.69, 9.17) is 28.0 Å². The zero-order valence-electron chi connectivity index (χ0n) is 16.1. The number of halogens is 8. The lowest BCUT2D eigenvalue weighted by molar-refractivity contribution is -0.269. The molecule has 12 heteroatoms. The summed E-state index contributed by atoms with van der Waals surface area (Å²) in [5.74, 6) is -1.31. The van der Waals surface area contributed by atoms with Crippen LogP contribution in [0.2, 0.25) is 10.0 Å². The molecule has 1 unspecified atom stereocenters. The number of hydrogen-bond acceptors (Lipinski definition) is 3. The van der Waals surface area contributed by atoms with Crippen LogP contribution >= 0.6 is 23.2 Å². The molecule has 4 nitrogen and oxygen atoms in total. The van der Waals surface area contributed by atoms with E-state index in [0.29, 0.717) is 5.56 Å². The van der Waals surface area contributed by atoms with Crippen molar-refractivity contribution in [1.82, 2.24) is 5.48 Å². The summed E-state index contributed by atoms with van der Waals surface area (Å²) in [7, 11) is 0. The number of hydroxylamine groups is 1. The minimum absolute atomic E-state index is 0.0211. The second-order valence-corrected chi connectivity index (χ2v) is 7.95. The van der Waals surface area contributed by atoms with Crippen LogP contribution in [0.4, 0.5) is 32.0 Å². The quantitative estimate of drug-likeness (QED) is 0.471. The molecule has 2 N–H and O–H groups in total. The summed E-state index contributed by atoms with van der Waals surface area (Å²) in [5.41, 5.74) is -0.611. The van der Waals surface area contributed by atoms with E-state index in [2.05, 4.69) is 10.8 Å². The topological polar surface area (TPSA) is 50.4 Å². The number of hydrogen-bond donors (Lipinski definition) is 2. The maximum Gasteiger partial charge on any atom is 0.428 e. The zero-order valence-corrected chi connectivity index (χ0v) is 17.6. The van der Waals surface area contributed by atoms with Crippen molar-refractivity contribution in [3.8, 4) is 0 Å². The third-order valence-corrected chi connectivity index (χ3v) is 4.85. The molecule has 1 amide bonds. The SMILES string of the molecule is Cc1cc(NC(=O)CC(F)(F)F)cc(C2=CC(c3cc(Cl)cc(Cl)c3)(C(F)(F)F)ON2)c1. The number of anilines is 1. The molecule has 2 aromatic carbocycles. The zero-order chi connectivity index (χ0) is 23.9. The summed E-state index contributed by atoms with van der Waals surface area (Å²) in [6.45, 7) is 1.56. The Bertz CT molecular complexity index is 1060. The van der Waals surface area contributed by atoms with Crippen LogP contribution in [0.25, 0.3) is 5.70 Å². The lowest BCUT2D eigenvalue weighted by Gasteiger charge is -2.28. The first kappa shape index (κ1) is 24.2. The largest absolute Gasteiger partial charge is 0.428 e. The van der Waals surface area contributed by atoms with Gasteiger partial charge in [-0.3, -0.25) is 15.1 Å². The fourth-order valence-corrected chi connectivity index (χ4v) is 3.68. The smallest absolute Gasteiger partial charge is 0.326 e. The van der Waals surface area contributed by atoms with Crippen LogP contribution < -0.4 is 10.8 Å². The number of rotatable bonds is 4.